The van der Waals surface area contributed by atoms with Crippen LogP contribution in [0.2, 0.25) is 0 Å². The summed E-state index contributed by atoms with van der Waals surface area (Å²) >= 11 is 0. The van der Waals surface area contributed by atoms with Crippen LogP contribution in [0.1, 0.15) is 44.2 Å². The topological polar surface area (TPSA) is 79.0 Å². The second kappa shape index (κ2) is 11.5. The van der Waals surface area contributed by atoms with Gasteiger partial charge in [-0.05, 0) is 75.2 Å². The zero-order chi connectivity index (χ0) is 23.8. The van der Waals surface area contributed by atoms with Gasteiger partial charge in [-0.15, -0.1) is 0 Å². The number of anilines is 1. The van der Waals surface area contributed by atoms with E-state index in [4.69, 9.17) is 4.74 Å². The van der Waals surface area contributed by atoms with Crippen molar-refractivity contribution in [3.05, 3.63) is 59.7 Å². The lowest BCUT2D eigenvalue weighted by Gasteiger charge is -2.26. The van der Waals surface area contributed by atoms with Crippen LogP contribution in [0.3, 0.4) is 0 Å². The number of nitrogens with zero attached hydrogens (tertiary/aromatic N) is 2. The van der Waals surface area contributed by atoms with Crippen molar-refractivity contribution in [2.45, 2.75) is 52.3 Å². The van der Waals surface area contributed by atoms with Crippen LogP contribution in [0, 0.1) is 0 Å². The molecule has 0 aromatic heterocycles. The Hall–Kier alpha value is -2.58. The number of piperidine rings is 1. The zero-order valence-corrected chi connectivity index (χ0v) is 20.6. The SMILES string of the molecule is CC(C)Oc1ccc(N(CC(=O)NCc2ccc(CN3CCCCC3)cc2)S(C)(=O)=O)cc1. The van der Waals surface area contributed by atoms with E-state index in [-0.39, 0.29) is 18.6 Å². The molecule has 180 valence electrons. The molecule has 1 N–H and O–H groups in total. The minimum atomic E-state index is -3.62. The van der Waals surface area contributed by atoms with Crippen LogP contribution < -0.4 is 14.4 Å². The first-order valence-electron chi connectivity index (χ1n) is 11.5. The number of carbonyl (C=O) groups excluding carboxylic acids is 1. The molecule has 1 aliphatic heterocycles. The summed E-state index contributed by atoms with van der Waals surface area (Å²) in [6.45, 7) is 7.17. The zero-order valence-electron chi connectivity index (χ0n) is 19.8. The van der Waals surface area contributed by atoms with Gasteiger partial charge in [0.05, 0.1) is 18.0 Å². The van der Waals surface area contributed by atoms with Gasteiger partial charge in [-0.1, -0.05) is 30.7 Å². The molecular weight excluding hydrogens is 438 g/mol. The largest absolute Gasteiger partial charge is 0.491 e. The van der Waals surface area contributed by atoms with E-state index < -0.39 is 10.0 Å². The van der Waals surface area contributed by atoms with Crippen LogP contribution in [0.15, 0.2) is 48.5 Å². The molecule has 0 spiro atoms. The van der Waals surface area contributed by atoms with Crippen LogP contribution in [0.25, 0.3) is 0 Å². The van der Waals surface area contributed by atoms with Crippen molar-refractivity contribution in [2.75, 3.05) is 30.2 Å². The van der Waals surface area contributed by atoms with Gasteiger partial charge >= 0.3 is 0 Å². The van der Waals surface area contributed by atoms with Gasteiger partial charge in [0.1, 0.15) is 12.3 Å². The van der Waals surface area contributed by atoms with E-state index in [9.17, 15) is 13.2 Å². The van der Waals surface area contributed by atoms with Gasteiger partial charge in [-0.25, -0.2) is 8.42 Å². The number of hydrogen-bond acceptors (Lipinski definition) is 5. The van der Waals surface area contributed by atoms with E-state index in [0.717, 1.165) is 35.8 Å². The maximum atomic E-state index is 12.5. The molecule has 7 nitrogen and oxygen atoms in total. The Morgan fingerprint density at radius 3 is 2.18 bits per heavy atom. The molecule has 1 amide bonds. The molecule has 0 bridgehead atoms. The summed E-state index contributed by atoms with van der Waals surface area (Å²) < 4.78 is 31.3. The van der Waals surface area contributed by atoms with Crippen LogP contribution in [-0.2, 0) is 27.9 Å². The second-order valence-corrected chi connectivity index (χ2v) is 10.8. The monoisotopic (exact) mass is 473 g/mol. The summed E-state index contributed by atoms with van der Waals surface area (Å²) in [7, 11) is -3.62. The second-order valence-electron chi connectivity index (χ2n) is 8.86. The number of carbonyl (C=O) groups is 1. The summed E-state index contributed by atoms with van der Waals surface area (Å²) in [5.41, 5.74) is 2.66. The molecule has 3 rings (SSSR count). The first-order valence-corrected chi connectivity index (χ1v) is 13.4. The Bertz CT molecular complexity index is 999. The fourth-order valence-electron chi connectivity index (χ4n) is 3.89. The standard InChI is InChI=1S/C25H35N3O4S/c1-20(2)32-24-13-11-23(12-14-24)28(33(3,30)31)19-25(29)26-17-21-7-9-22(10-8-21)18-27-15-5-4-6-16-27/h7-14,20H,4-6,15-19H2,1-3H3,(H,26,29). The quantitative estimate of drug-likeness (QED) is 0.571. The average Bonchev–Trinajstić information content (AvgIpc) is 2.77. The van der Waals surface area contributed by atoms with Crippen molar-refractivity contribution in [2.24, 2.45) is 0 Å². The van der Waals surface area contributed by atoms with E-state index >= 15 is 0 Å². The van der Waals surface area contributed by atoms with Crippen molar-refractivity contribution in [3.63, 3.8) is 0 Å². The van der Waals surface area contributed by atoms with Gasteiger partial charge in [0.15, 0.2) is 0 Å². The smallest absolute Gasteiger partial charge is 0.241 e. The van der Waals surface area contributed by atoms with Crippen LogP contribution in [-0.4, -0.2) is 51.2 Å². The van der Waals surface area contributed by atoms with Gasteiger partial charge in [-0.2, -0.15) is 0 Å². The van der Waals surface area contributed by atoms with E-state index in [2.05, 4.69) is 22.3 Å². The van der Waals surface area contributed by atoms with Crippen molar-refractivity contribution in [3.8, 4) is 5.75 Å². The highest BCUT2D eigenvalue weighted by Crippen LogP contribution is 2.22. The molecule has 1 heterocycles. The van der Waals surface area contributed by atoms with Crippen LogP contribution in [0.5, 0.6) is 5.75 Å². The van der Waals surface area contributed by atoms with E-state index in [1.165, 1.54) is 24.8 Å². The van der Waals surface area contributed by atoms with Crippen LogP contribution >= 0.6 is 0 Å². The lowest BCUT2D eigenvalue weighted by molar-refractivity contribution is -0.119. The van der Waals surface area contributed by atoms with E-state index in [1.54, 1.807) is 24.3 Å². The molecule has 0 radical (unpaired) electrons. The molecule has 2 aromatic rings. The molecule has 0 unspecified atom stereocenters. The summed E-state index contributed by atoms with van der Waals surface area (Å²) in [4.78, 5) is 15.0. The van der Waals surface area contributed by atoms with Crippen molar-refractivity contribution in [1.82, 2.24) is 10.2 Å². The Labute approximate surface area is 197 Å². The Morgan fingerprint density at radius 1 is 1.00 bits per heavy atom. The summed E-state index contributed by atoms with van der Waals surface area (Å²) in [5.74, 6) is 0.288. The normalized spacial score (nSPS) is 14.8. The highest BCUT2D eigenvalue weighted by molar-refractivity contribution is 7.92. The Balaban J connectivity index is 1.55. The maximum Gasteiger partial charge on any atom is 0.241 e. The fraction of sp³-hybridized carbons (Fsp3) is 0.480. The molecule has 1 aliphatic rings. The number of amides is 1. The minimum Gasteiger partial charge on any atom is -0.491 e. The third kappa shape index (κ3) is 8.05. The van der Waals surface area contributed by atoms with Crippen molar-refractivity contribution < 1.29 is 17.9 Å². The van der Waals surface area contributed by atoms with E-state index in [1.807, 2.05) is 26.0 Å². The molecule has 1 fully saturated rings. The van der Waals surface area contributed by atoms with Gasteiger partial charge in [0.25, 0.3) is 0 Å². The summed E-state index contributed by atoms with van der Waals surface area (Å²) in [5, 5.41) is 2.83. The first-order chi connectivity index (χ1) is 15.7. The first kappa shape index (κ1) is 25.1. The molecule has 8 heteroatoms. The Morgan fingerprint density at radius 2 is 1.61 bits per heavy atom. The predicted octanol–water partition coefficient (Wildman–Crippen LogP) is 3.54. The van der Waals surface area contributed by atoms with E-state index in [0.29, 0.717) is 18.0 Å². The number of benzene rings is 2. The molecule has 2 aromatic carbocycles. The summed E-state index contributed by atoms with van der Waals surface area (Å²) in [6.07, 6.45) is 4.98. The van der Waals surface area contributed by atoms with Gasteiger partial charge < -0.3 is 10.1 Å². The van der Waals surface area contributed by atoms with Crippen LogP contribution in [0.4, 0.5) is 5.69 Å². The van der Waals surface area contributed by atoms with Crippen molar-refractivity contribution >= 4 is 21.6 Å². The number of ether oxygens (including phenoxy) is 1. The number of nitrogens with one attached hydrogen (secondary N) is 1. The predicted molar refractivity (Wildman–Crippen MR) is 132 cm³/mol. The van der Waals surface area contributed by atoms with Gasteiger partial charge in [0, 0.05) is 13.1 Å². The lowest BCUT2D eigenvalue weighted by Crippen LogP contribution is -2.40. The third-order valence-corrected chi connectivity index (χ3v) is 6.69. The Kier molecular flexibility index (Phi) is 8.74. The molecule has 1 saturated heterocycles. The highest BCUT2D eigenvalue weighted by atomic mass is 32.2. The number of rotatable bonds is 10. The molecular formula is C25H35N3O4S. The average molecular weight is 474 g/mol. The minimum absolute atomic E-state index is 0.0199. The molecule has 0 atom stereocenters. The van der Waals surface area contributed by atoms with Gasteiger partial charge in [-0.3, -0.25) is 14.0 Å². The van der Waals surface area contributed by atoms with Gasteiger partial charge in [0.2, 0.25) is 15.9 Å². The number of likely N-dealkylation sites (tertiary alicyclic amines) is 1. The molecule has 0 saturated carbocycles. The fourth-order valence-corrected chi connectivity index (χ4v) is 4.74. The highest BCUT2D eigenvalue weighted by Gasteiger charge is 2.21. The third-order valence-electron chi connectivity index (χ3n) is 5.55. The lowest BCUT2D eigenvalue weighted by atomic mass is 10.1. The molecule has 0 aliphatic carbocycles. The number of sulfonamides is 1. The number of hydrogen-bond donors (Lipinski definition) is 1. The molecule has 33 heavy (non-hydrogen) atoms. The summed E-state index contributed by atoms with van der Waals surface area (Å²) in [6, 6.07) is 14.9. The van der Waals surface area contributed by atoms with Crippen molar-refractivity contribution in [1.29, 1.82) is 0 Å². The maximum absolute atomic E-state index is 12.5.